The van der Waals surface area contributed by atoms with Crippen LogP contribution in [0.25, 0.3) is 11.5 Å². The molecule has 1 heterocycles. The molecule has 0 aliphatic heterocycles. The predicted octanol–water partition coefficient (Wildman–Crippen LogP) is 4.36. The van der Waals surface area contributed by atoms with Crippen LogP contribution in [-0.2, 0) is 6.18 Å². The fourth-order valence-corrected chi connectivity index (χ4v) is 1.91. The Morgan fingerprint density at radius 1 is 1.14 bits per heavy atom. The minimum atomic E-state index is -4.37. The number of aliphatic hydroxyl groups is 1. The average Bonchev–Trinajstić information content (AvgIpc) is 2.79. The van der Waals surface area contributed by atoms with Gasteiger partial charge in [0.2, 0.25) is 5.89 Å². The van der Waals surface area contributed by atoms with Gasteiger partial charge in [-0.2, -0.15) is 13.2 Å². The summed E-state index contributed by atoms with van der Waals surface area (Å²) in [6.07, 6.45) is -5.16. The average molecular weight is 299 g/mol. The maximum Gasteiger partial charge on any atom is 0.416 e. The number of aromatic nitrogens is 1. The standard InChI is InChI=1S/C15H16F3NO2/c1-8(2)12(20)13-9(3)19-14(21-13)10-4-6-11(7-5-10)15(16,17)18/h4-8,12,20H,1-3H3. The Morgan fingerprint density at radius 2 is 1.71 bits per heavy atom. The highest BCUT2D eigenvalue weighted by molar-refractivity contribution is 5.54. The largest absolute Gasteiger partial charge is 0.438 e. The van der Waals surface area contributed by atoms with Crippen molar-refractivity contribution in [1.29, 1.82) is 0 Å². The minimum absolute atomic E-state index is 0.0443. The van der Waals surface area contributed by atoms with Crippen molar-refractivity contribution in [2.24, 2.45) is 5.92 Å². The topological polar surface area (TPSA) is 46.3 Å². The molecule has 0 amide bonds. The first-order valence-corrected chi connectivity index (χ1v) is 6.53. The molecule has 0 fully saturated rings. The second-order valence-corrected chi connectivity index (χ2v) is 5.23. The van der Waals surface area contributed by atoms with E-state index in [9.17, 15) is 18.3 Å². The van der Waals surface area contributed by atoms with Crippen molar-refractivity contribution in [3.63, 3.8) is 0 Å². The Balaban J connectivity index is 2.33. The van der Waals surface area contributed by atoms with E-state index in [2.05, 4.69) is 4.98 Å². The predicted molar refractivity (Wildman–Crippen MR) is 71.5 cm³/mol. The van der Waals surface area contributed by atoms with Gasteiger partial charge in [-0.1, -0.05) is 13.8 Å². The maximum atomic E-state index is 12.5. The van der Waals surface area contributed by atoms with Gasteiger partial charge in [0, 0.05) is 5.56 Å². The molecule has 6 heteroatoms. The number of rotatable bonds is 3. The molecule has 0 saturated carbocycles. The first kappa shape index (κ1) is 15.6. The number of benzene rings is 1. The number of nitrogens with zero attached hydrogens (tertiary/aromatic N) is 1. The molecule has 1 N–H and O–H groups in total. The van der Waals surface area contributed by atoms with Crippen LogP contribution in [0, 0.1) is 12.8 Å². The molecule has 0 aliphatic rings. The third kappa shape index (κ3) is 3.26. The summed E-state index contributed by atoms with van der Waals surface area (Å²) < 4.78 is 43.0. The molecule has 3 nitrogen and oxygen atoms in total. The first-order chi connectivity index (χ1) is 9.70. The molecular weight excluding hydrogens is 283 g/mol. The van der Waals surface area contributed by atoms with Crippen LogP contribution in [0.2, 0.25) is 0 Å². The number of halogens is 3. The lowest BCUT2D eigenvalue weighted by atomic mass is 10.0. The van der Waals surface area contributed by atoms with Crippen molar-refractivity contribution in [2.75, 3.05) is 0 Å². The highest BCUT2D eigenvalue weighted by atomic mass is 19.4. The number of hydrogen-bond donors (Lipinski definition) is 1. The quantitative estimate of drug-likeness (QED) is 0.916. The van der Waals surface area contributed by atoms with E-state index in [-0.39, 0.29) is 11.8 Å². The summed E-state index contributed by atoms with van der Waals surface area (Å²) >= 11 is 0. The Kier molecular flexibility index (Phi) is 4.09. The Bertz CT molecular complexity index is 615. The smallest absolute Gasteiger partial charge is 0.416 e. The molecule has 0 aliphatic carbocycles. The summed E-state index contributed by atoms with van der Waals surface area (Å²) in [5.74, 6) is 0.507. The molecular formula is C15H16F3NO2. The SMILES string of the molecule is Cc1nc(-c2ccc(C(F)(F)F)cc2)oc1C(O)C(C)C. The van der Waals surface area contributed by atoms with Crippen LogP contribution in [0.15, 0.2) is 28.7 Å². The summed E-state index contributed by atoms with van der Waals surface area (Å²) in [6.45, 7) is 5.37. The van der Waals surface area contributed by atoms with Crippen molar-refractivity contribution in [2.45, 2.75) is 33.1 Å². The van der Waals surface area contributed by atoms with Gasteiger partial charge in [-0.25, -0.2) is 4.98 Å². The van der Waals surface area contributed by atoms with Crippen molar-refractivity contribution in [3.05, 3.63) is 41.3 Å². The second-order valence-electron chi connectivity index (χ2n) is 5.23. The van der Waals surface area contributed by atoms with Crippen LogP contribution in [-0.4, -0.2) is 10.1 Å². The summed E-state index contributed by atoms with van der Waals surface area (Å²) in [4.78, 5) is 4.17. The van der Waals surface area contributed by atoms with Gasteiger partial charge in [0.05, 0.1) is 11.3 Å². The van der Waals surface area contributed by atoms with Crippen LogP contribution < -0.4 is 0 Å². The van der Waals surface area contributed by atoms with Gasteiger partial charge in [0.1, 0.15) is 6.10 Å². The number of oxazole rings is 1. The van der Waals surface area contributed by atoms with Gasteiger partial charge in [-0.05, 0) is 37.1 Å². The second kappa shape index (κ2) is 5.52. The molecule has 0 radical (unpaired) electrons. The van der Waals surface area contributed by atoms with Crippen molar-refractivity contribution in [3.8, 4) is 11.5 Å². The Labute approximate surface area is 120 Å². The van der Waals surface area contributed by atoms with E-state index in [1.807, 2.05) is 13.8 Å². The van der Waals surface area contributed by atoms with Crippen LogP contribution in [0.1, 0.15) is 37.0 Å². The normalized spacial score (nSPS) is 13.7. The molecule has 1 aromatic carbocycles. The Hall–Kier alpha value is -1.82. The van der Waals surface area contributed by atoms with Gasteiger partial charge in [0.25, 0.3) is 0 Å². The minimum Gasteiger partial charge on any atom is -0.438 e. The van der Waals surface area contributed by atoms with Crippen LogP contribution >= 0.6 is 0 Å². The summed E-state index contributed by atoms with van der Waals surface area (Å²) in [5.41, 5.74) is 0.247. The first-order valence-electron chi connectivity index (χ1n) is 6.53. The molecule has 1 atom stereocenters. The molecule has 0 spiro atoms. The number of aryl methyl sites for hydroxylation is 1. The van der Waals surface area contributed by atoms with E-state index >= 15 is 0 Å². The molecule has 2 aromatic rings. The third-order valence-electron chi connectivity index (χ3n) is 3.19. The van der Waals surface area contributed by atoms with Crippen molar-refractivity contribution < 1.29 is 22.7 Å². The van der Waals surface area contributed by atoms with Crippen molar-refractivity contribution in [1.82, 2.24) is 4.98 Å². The molecule has 0 bridgehead atoms. The third-order valence-corrected chi connectivity index (χ3v) is 3.19. The number of alkyl halides is 3. The van der Waals surface area contributed by atoms with Gasteiger partial charge in [-0.3, -0.25) is 0 Å². The number of hydrogen-bond acceptors (Lipinski definition) is 3. The molecule has 114 valence electrons. The van der Waals surface area contributed by atoms with E-state index in [0.717, 1.165) is 12.1 Å². The lowest BCUT2D eigenvalue weighted by Crippen LogP contribution is -2.05. The summed E-state index contributed by atoms with van der Waals surface area (Å²) in [6, 6.07) is 4.57. The van der Waals surface area contributed by atoms with E-state index < -0.39 is 17.8 Å². The fourth-order valence-electron chi connectivity index (χ4n) is 1.91. The van der Waals surface area contributed by atoms with E-state index in [0.29, 0.717) is 17.0 Å². The maximum absolute atomic E-state index is 12.5. The zero-order valence-corrected chi connectivity index (χ0v) is 11.9. The Morgan fingerprint density at radius 3 is 2.19 bits per heavy atom. The lowest BCUT2D eigenvalue weighted by Gasteiger charge is -2.11. The van der Waals surface area contributed by atoms with Crippen LogP contribution in [0.4, 0.5) is 13.2 Å². The van der Waals surface area contributed by atoms with Gasteiger partial charge < -0.3 is 9.52 Å². The van der Waals surface area contributed by atoms with Gasteiger partial charge >= 0.3 is 6.18 Å². The van der Waals surface area contributed by atoms with Gasteiger partial charge in [0.15, 0.2) is 5.76 Å². The monoisotopic (exact) mass is 299 g/mol. The molecule has 0 saturated heterocycles. The van der Waals surface area contributed by atoms with Crippen LogP contribution in [0.5, 0.6) is 0 Å². The van der Waals surface area contributed by atoms with E-state index in [1.54, 1.807) is 6.92 Å². The highest BCUT2D eigenvalue weighted by Gasteiger charge is 2.30. The number of aliphatic hydroxyl groups excluding tert-OH is 1. The van der Waals surface area contributed by atoms with Gasteiger partial charge in [-0.15, -0.1) is 0 Å². The molecule has 1 aromatic heterocycles. The van der Waals surface area contributed by atoms with Crippen molar-refractivity contribution >= 4 is 0 Å². The summed E-state index contributed by atoms with van der Waals surface area (Å²) in [5, 5.41) is 10.0. The molecule has 1 unspecified atom stereocenters. The molecule has 21 heavy (non-hydrogen) atoms. The molecule has 2 rings (SSSR count). The van der Waals surface area contributed by atoms with E-state index in [1.165, 1.54) is 12.1 Å². The van der Waals surface area contributed by atoms with E-state index in [4.69, 9.17) is 4.42 Å². The highest BCUT2D eigenvalue weighted by Crippen LogP contribution is 2.32. The van der Waals surface area contributed by atoms with Crippen LogP contribution in [0.3, 0.4) is 0 Å². The lowest BCUT2D eigenvalue weighted by molar-refractivity contribution is -0.137. The fraction of sp³-hybridized carbons (Fsp3) is 0.400. The summed E-state index contributed by atoms with van der Waals surface area (Å²) in [7, 11) is 0. The zero-order chi connectivity index (χ0) is 15.8. The zero-order valence-electron chi connectivity index (χ0n) is 11.9.